The molecule has 0 saturated carbocycles. The number of piperidine rings is 1. The van der Waals surface area contributed by atoms with Gasteiger partial charge in [-0.3, -0.25) is 9.48 Å². The number of sulfonamides is 1. The lowest BCUT2D eigenvalue weighted by Crippen LogP contribution is -2.49. The summed E-state index contributed by atoms with van der Waals surface area (Å²) in [6.07, 6.45) is 3.02. The van der Waals surface area contributed by atoms with Gasteiger partial charge in [0.05, 0.1) is 4.90 Å². The van der Waals surface area contributed by atoms with E-state index in [1.165, 1.54) is 24.3 Å². The molecule has 1 spiro atoms. The van der Waals surface area contributed by atoms with Crippen LogP contribution >= 0.6 is 0 Å². The molecule has 2 aliphatic heterocycles. The number of hydrogen-bond donors (Lipinski definition) is 1. The quantitative estimate of drug-likeness (QED) is 0.595. The largest absolute Gasteiger partial charge is 0.482 e. The van der Waals surface area contributed by atoms with Crippen molar-refractivity contribution >= 4 is 15.9 Å². The zero-order valence-electron chi connectivity index (χ0n) is 19.8. The Bertz CT molecular complexity index is 1390. The molecule has 3 aromatic rings. The minimum atomic E-state index is -3.62. The fourth-order valence-corrected chi connectivity index (χ4v) is 6.09. The normalized spacial score (nSPS) is 16.7. The number of likely N-dealkylation sites (tertiary alicyclic amines) is 1. The number of ether oxygens (including phenoxy) is 1. The highest BCUT2D eigenvalue weighted by Crippen LogP contribution is 2.49. The van der Waals surface area contributed by atoms with Gasteiger partial charge in [-0.2, -0.15) is 5.10 Å². The van der Waals surface area contributed by atoms with E-state index in [0.29, 0.717) is 48.5 Å². The Hall–Kier alpha value is -3.24. The van der Waals surface area contributed by atoms with Gasteiger partial charge in [-0.05, 0) is 56.3 Å². The van der Waals surface area contributed by atoms with Crippen molar-refractivity contribution in [3.8, 4) is 17.0 Å². The molecule has 0 atom stereocenters. The average molecular weight is 499 g/mol. The topological polar surface area (TPSA) is 93.5 Å². The molecule has 1 N–H and O–H groups in total. The first-order valence-electron chi connectivity index (χ1n) is 11.5. The van der Waals surface area contributed by atoms with Crippen LogP contribution in [0.5, 0.6) is 5.75 Å². The van der Waals surface area contributed by atoms with Crippen LogP contribution in [0.15, 0.2) is 53.6 Å². The van der Waals surface area contributed by atoms with Crippen molar-refractivity contribution in [2.24, 2.45) is 7.05 Å². The monoisotopic (exact) mass is 498 g/mol. The summed E-state index contributed by atoms with van der Waals surface area (Å²) in [6.45, 7) is 4.41. The zero-order valence-corrected chi connectivity index (χ0v) is 20.6. The van der Waals surface area contributed by atoms with E-state index in [2.05, 4.69) is 9.82 Å². The first-order chi connectivity index (χ1) is 16.6. The Morgan fingerprint density at radius 1 is 1.14 bits per heavy atom. The van der Waals surface area contributed by atoms with Crippen LogP contribution in [0.2, 0.25) is 0 Å². The second-order valence-electron chi connectivity index (χ2n) is 9.39. The van der Waals surface area contributed by atoms with E-state index in [0.717, 1.165) is 5.56 Å². The van der Waals surface area contributed by atoms with E-state index < -0.39 is 15.6 Å². The predicted molar refractivity (Wildman–Crippen MR) is 128 cm³/mol. The lowest BCUT2D eigenvalue weighted by atomic mass is 9.81. The number of fused-ring (bicyclic) bond motifs is 4. The highest BCUT2D eigenvalue weighted by molar-refractivity contribution is 7.89. The van der Waals surface area contributed by atoms with Gasteiger partial charge in [0.2, 0.25) is 10.0 Å². The number of nitrogens with one attached hydrogen (secondary N) is 1. The molecule has 1 aromatic heterocycles. The van der Waals surface area contributed by atoms with E-state index in [1.54, 1.807) is 41.6 Å². The molecule has 0 aliphatic carbocycles. The van der Waals surface area contributed by atoms with Crippen LogP contribution in [-0.2, 0) is 22.7 Å². The lowest BCUT2D eigenvalue weighted by Gasteiger charge is -2.44. The van der Waals surface area contributed by atoms with Gasteiger partial charge < -0.3 is 9.64 Å². The van der Waals surface area contributed by atoms with Gasteiger partial charge in [-0.15, -0.1) is 0 Å². The molecule has 0 radical (unpaired) electrons. The van der Waals surface area contributed by atoms with Gasteiger partial charge in [0.15, 0.2) is 0 Å². The molecule has 184 valence electrons. The molecule has 0 bridgehead atoms. The third-order valence-corrected chi connectivity index (χ3v) is 8.16. The van der Waals surface area contributed by atoms with Crippen LogP contribution in [0, 0.1) is 5.82 Å². The smallest absolute Gasteiger partial charge is 0.253 e. The number of halogens is 1. The Labute approximate surface area is 203 Å². The second-order valence-corrected chi connectivity index (χ2v) is 11.1. The van der Waals surface area contributed by atoms with E-state index in [4.69, 9.17) is 4.74 Å². The molecule has 10 heteroatoms. The van der Waals surface area contributed by atoms with E-state index in [9.17, 15) is 17.6 Å². The maximum Gasteiger partial charge on any atom is 0.253 e. The molecule has 2 aromatic carbocycles. The standard InChI is InChI=1S/C25H27FN4O4S/c1-16(2)28-35(32,33)19-7-4-17(5-8-19)24(31)30-12-10-25(11-13-30)21-15-29(3)27-23(21)20-14-18(26)6-9-22(20)34-25/h4-9,14-16,28H,10-13H2,1-3H3. The Morgan fingerprint density at radius 3 is 2.49 bits per heavy atom. The first kappa shape index (κ1) is 23.5. The van der Waals surface area contributed by atoms with E-state index in [-0.39, 0.29) is 22.7 Å². The molecule has 1 amide bonds. The van der Waals surface area contributed by atoms with Gasteiger partial charge in [-0.1, -0.05) is 0 Å². The molecular formula is C25H27FN4O4S. The number of benzene rings is 2. The van der Waals surface area contributed by atoms with Crippen molar-refractivity contribution in [1.29, 1.82) is 0 Å². The van der Waals surface area contributed by atoms with Gasteiger partial charge in [0.1, 0.15) is 22.9 Å². The molecular weight excluding hydrogens is 471 g/mol. The van der Waals surface area contributed by atoms with Crippen LogP contribution in [-0.4, -0.2) is 48.1 Å². The van der Waals surface area contributed by atoms with E-state index in [1.807, 2.05) is 13.2 Å². The predicted octanol–water partition coefficient (Wildman–Crippen LogP) is 3.44. The summed E-state index contributed by atoms with van der Waals surface area (Å²) >= 11 is 0. The number of aromatic nitrogens is 2. The van der Waals surface area contributed by atoms with Crippen LogP contribution in [0.25, 0.3) is 11.3 Å². The number of nitrogens with zero attached hydrogens (tertiary/aromatic N) is 3. The SMILES string of the molecule is CC(C)NS(=O)(=O)c1ccc(C(=O)N2CCC3(CC2)Oc2ccc(F)cc2-c2nn(C)cc23)cc1. The summed E-state index contributed by atoms with van der Waals surface area (Å²) in [5.74, 6) is 0.0774. The summed E-state index contributed by atoms with van der Waals surface area (Å²) in [7, 11) is -1.80. The van der Waals surface area contributed by atoms with Crippen LogP contribution in [0.1, 0.15) is 42.6 Å². The molecule has 8 nitrogen and oxygen atoms in total. The van der Waals surface area contributed by atoms with Crippen molar-refractivity contribution in [1.82, 2.24) is 19.4 Å². The van der Waals surface area contributed by atoms with Crippen molar-refractivity contribution in [2.45, 2.75) is 43.2 Å². The summed E-state index contributed by atoms with van der Waals surface area (Å²) in [6, 6.07) is 10.2. The number of amides is 1. The molecule has 1 fully saturated rings. The summed E-state index contributed by atoms with van der Waals surface area (Å²) in [5.41, 5.74) is 2.02. The number of aryl methyl sites for hydroxylation is 1. The van der Waals surface area contributed by atoms with Crippen molar-refractivity contribution in [2.75, 3.05) is 13.1 Å². The fourth-order valence-electron chi connectivity index (χ4n) is 4.84. The summed E-state index contributed by atoms with van der Waals surface area (Å²) in [4.78, 5) is 15.0. The molecule has 3 heterocycles. The van der Waals surface area contributed by atoms with Crippen molar-refractivity contribution in [3.63, 3.8) is 0 Å². The van der Waals surface area contributed by atoms with Crippen LogP contribution < -0.4 is 9.46 Å². The lowest BCUT2D eigenvalue weighted by molar-refractivity contribution is -0.00173. The fraction of sp³-hybridized carbons (Fsp3) is 0.360. The van der Waals surface area contributed by atoms with Crippen LogP contribution in [0.3, 0.4) is 0 Å². The van der Waals surface area contributed by atoms with Gasteiger partial charge in [-0.25, -0.2) is 17.5 Å². The Kier molecular flexibility index (Phi) is 5.68. The first-order valence-corrected chi connectivity index (χ1v) is 13.0. The summed E-state index contributed by atoms with van der Waals surface area (Å²) in [5, 5.41) is 4.57. The molecule has 0 unspecified atom stereocenters. The molecule has 5 rings (SSSR count). The van der Waals surface area contributed by atoms with Crippen molar-refractivity contribution in [3.05, 3.63) is 65.6 Å². The maximum atomic E-state index is 13.9. The number of carbonyl (C=O) groups is 1. The number of carbonyl (C=O) groups excluding carboxylic acids is 1. The van der Waals surface area contributed by atoms with Gasteiger partial charge in [0, 0.05) is 61.9 Å². The third kappa shape index (κ3) is 4.21. The van der Waals surface area contributed by atoms with Crippen LogP contribution in [0.4, 0.5) is 4.39 Å². The van der Waals surface area contributed by atoms with Gasteiger partial charge in [0.25, 0.3) is 5.91 Å². The van der Waals surface area contributed by atoms with Crippen molar-refractivity contribution < 1.29 is 22.3 Å². The molecule has 35 heavy (non-hydrogen) atoms. The second kappa shape index (κ2) is 8.46. The maximum absolute atomic E-state index is 13.9. The third-order valence-electron chi connectivity index (χ3n) is 6.48. The minimum absolute atomic E-state index is 0.121. The number of rotatable bonds is 4. The molecule has 1 saturated heterocycles. The highest BCUT2D eigenvalue weighted by Gasteiger charge is 2.46. The zero-order chi connectivity index (χ0) is 25.0. The summed E-state index contributed by atoms with van der Waals surface area (Å²) < 4.78 is 49.3. The molecule has 2 aliphatic rings. The van der Waals surface area contributed by atoms with Gasteiger partial charge >= 0.3 is 0 Å². The number of hydrogen-bond acceptors (Lipinski definition) is 5. The Morgan fingerprint density at radius 2 is 1.83 bits per heavy atom. The minimum Gasteiger partial charge on any atom is -0.482 e. The average Bonchev–Trinajstić information content (AvgIpc) is 3.22. The highest BCUT2D eigenvalue weighted by atomic mass is 32.2. The van der Waals surface area contributed by atoms with E-state index >= 15 is 0 Å². The Balaban J connectivity index is 1.34.